The predicted molar refractivity (Wildman–Crippen MR) is 291 cm³/mol. The Bertz CT molecular complexity index is 4480. The van der Waals surface area contributed by atoms with Crippen LogP contribution in [0.4, 0.5) is 34.1 Å². The van der Waals surface area contributed by atoms with Crippen LogP contribution < -0.4 is 9.80 Å². The Morgan fingerprint density at radius 2 is 0.985 bits per heavy atom. The molecule has 0 aliphatic carbocycles. The normalized spacial score (nSPS) is 13.4. The summed E-state index contributed by atoms with van der Waals surface area (Å²) in [5, 5.41) is 6.25. The molecule has 13 rings (SSSR count). The van der Waals surface area contributed by atoms with Gasteiger partial charge in [0.1, 0.15) is 0 Å². The van der Waals surface area contributed by atoms with Crippen molar-refractivity contribution in [3.05, 3.63) is 261 Å². The van der Waals surface area contributed by atoms with Gasteiger partial charge in [-0.15, -0.1) is 11.3 Å². The Labute approximate surface area is 411 Å². The summed E-state index contributed by atoms with van der Waals surface area (Å²) in [6, 6.07) is 65.2. The van der Waals surface area contributed by atoms with Crippen molar-refractivity contribution in [1.82, 2.24) is 4.57 Å². The van der Waals surface area contributed by atoms with Gasteiger partial charge in [-0.3, -0.25) is 0 Å². The van der Waals surface area contributed by atoms with E-state index in [1.54, 1.807) is 16.2 Å². The van der Waals surface area contributed by atoms with E-state index in [2.05, 4.69) is 102 Å². The van der Waals surface area contributed by atoms with Crippen molar-refractivity contribution in [1.29, 1.82) is 0 Å². The molecule has 0 unspecified atom stereocenters. The van der Waals surface area contributed by atoms with Crippen molar-refractivity contribution in [3.8, 4) is 27.9 Å². The fourth-order valence-corrected chi connectivity index (χ4v) is 10.9. The van der Waals surface area contributed by atoms with Crippen molar-refractivity contribution in [2.24, 2.45) is 0 Å². The maximum Gasteiger partial charge on any atom is 0.0661 e. The minimum absolute atomic E-state index is 0.0522. The fourth-order valence-electron chi connectivity index (χ4n) is 9.72. The van der Waals surface area contributed by atoms with Crippen molar-refractivity contribution in [2.75, 3.05) is 9.80 Å². The van der Waals surface area contributed by atoms with Crippen LogP contribution in [-0.2, 0) is 0 Å². The molecule has 2 heterocycles. The quantitative estimate of drug-likeness (QED) is 0.143. The number of thiophene rings is 1. The van der Waals surface area contributed by atoms with Crippen LogP contribution in [0, 0.1) is 0 Å². The number of nitrogens with zero attached hydrogens (tertiary/aromatic N) is 3. The molecule has 2 aromatic heterocycles. The largest absolute Gasteiger partial charge is 0.310 e. The van der Waals surface area contributed by atoms with Gasteiger partial charge in [-0.25, -0.2) is 0 Å². The van der Waals surface area contributed by atoms with E-state index < -0.39 is 24.2 Å². The van der Waals surface area contributed by atoms with E-state index in [-0.39, 0.29) is 41.6 Å². The van der Waals surface area contributed by atoms with Crippen LogP contribution in [0.2, 0.25) is 0 Å². The molecule has 68 heavy (non-hydrogen) atoms. The van der Waals surface area contributed by atoms with Crippen molar-refractivity contribution in [2.45, 2.75) is 0 Å². The summed E-state index contributed by atoms with van der Waals surface area (Å²) >= 11 is 1.54. The van der Waals surface area contributed by atoms with Crippen LogP contribution in [-0.4, -0.2) is 4.57 Å². The molecular formula is C64H43N3S. The molecule has 0 saturated heterocycles. The highest BCUT2D eigenvalue weighted by atomic mass is 32.1. The average molecular weight is 895 g/mol. The van der Waals surface area contributed by atoms with E-state index in [0.29, 0.717) is 22.7 Å². The van der Waals surface area contributed by atoms with Crippen LogP contribution in [0.25, 0.3) is 80.7 Å². The van der Waals surface area contributed by atoms with Gasteiger partial charge in [0.2, 0.25) is 0 Å². The lowest BCUT2D eigenvalue weighted by atomic mass is 9.98. The summed E-state index contributed by atoms with van der Waals surface area (Å²) in [7, 11) is 0. The molecule has 0 amide bonds. The number of fused-ring (bicyclic) bond motifs is 8. The van der Waals surface area contributed by atoms with Crippen molar-refractivity contribution < 1.29 is 12.3 Å². The zero-order chi connectivity index (χ0) is 52.8. The maximum absolute atomic E-state index is 9.46. The lowest BCUT2D eigenvalue weighted by molar-refractivity contribution is 1.18. The number of benzene rings is 11. The summed E-state index contributed by atoms with van der Waals surface area (Å²) in [6.07, 6.45) is 0. The second-order valence-corrected chi connectivity index (χ2v) is 17.7. The standard InChI is InChI=1S/C64H43N3S/c1-6-18-44(19-7-1)45-30-35-53(36-31-45)66(51-25-12-4-13-26-51)61-43-54(65(49-21-8-2-9-22-49)50-23-10-3-11-24-50)42-57-56-40-48(34-39-62(56)68-64(57)61)47-33-37-59-58(41-47)63-55-29-17-16-20-46(55)32-38-60(63)67(59)52-27-14-5-15-28-52/h1-43H/i2D,4D,8D,9D,12D,13D,21D,22D,25D. The summed E-state index contributed by atoms with van der Waals surface area (Å²) in [4.78, 5) is 3.54. The molecule has 320 valence electrons. The van der Waals surface area contributed by atoms with E-state index in [9.17, 15) is 4.11 Å². The Morgan fingerprint density at radius 3 is 1.78 bits per heavy atom. The summed E-state index contributed by atoms with van der Waals surface area (Å²) in [5.41, 5.74) is 9.45. The van der Waals surface area contributed by atoms with Crippen molar-refractivity contribution in [3.63, 3.8) is 0 Å². The van der Waals surface area contributed by atoms with Crippen LogP contribution in [0.3, 0.4) is 0 Å². The zero-order valence-corrected chi connectivity index (χ0v) is 37.2. The topological polar surface area (TPSA) is 11.4 Å². The Morgan fingerprint density at radius 1 is 0.368 bits per heavy atom. The molecule has 4 heteroatoms. The first kappa shape index (κ1) is 31.3. The van der Waals surface area contributed by atoms with E-state index in [1.165, 1.54) is 6.07 Å². The fraction of sp³-hybridized carbons (Fsp3) is 0. The molecule has 0 aliphatic heterocycles. The van der Waals surface area contributed by atoms with Gasteiger partial charge in [-0.2, -0.15) is 0 Å². The molecule has 11 aromatic carbocycles. The van der Waals surface area contributed by atoms with Crippen LogP contribution in [0.15, 0.2) is 261 Å². The molecular weight excluding hydrogens is 843 g/mol. The Kier molecular flexibility index (Phi) is 7.64. The number of rotatable bonds is 9. The number of aromatic nitrogens is 1. The van der Waals surface area contributed by atoms with Gasteiger partial charge in [0, 0.05) is 60.4 Å². The third kappa shape index (κ3) is 6.81. The predicted octanol–water partition coefficient (Wildman–Crippen LogP) is 18.6. The van der Waals surface area contributed by atoms with Crippen molar-refractivity contribution >= 4 is 98.2 Å². The third-order valence-electron chi connectivity index (χ3n) is 12.8. The number of anilines is 6. The van der Waals surface area contributed by atoms with E-state index in [0.717, 1.165) is 80.7 Å². The lowest BCUT2D eigenvalue weighted by Crippen LogP contribution is -2.13. The first-order valence-electron chi connectivity index (χ1n) is 26.9. The zero-order valence-electron chi connectivity index (χ0n) is 45.4. The van der Waals surface area contributed by atoms with Gasteiger partial charge >= 0.3 is 0 Å². The molecule has 0 aliphatic rings. The first-order valence-corrected chi connectivity index (χ1v) is 23.2. The van der Waals surface area contributed by atoms with E-state index in [4.69, 9.17) is 8.22 Å². The lowest BCUT2D eigenvalue weighted by Gasteiger charge is -2.30. The highest BCUT2D eigenvalue weighted by molar-refractivity contribution is 7.26. The number of hydrogen-bond acceptors (Lipinski definition) is 3. The number of hydrogen-bond donors (Lipinski definition) is 0. The highest BCUT2D eigenvalue weighted by Gasteiger charge is 2.24. The molecule has 0 atom stereocenters. The SMILES string of the molecule is [2H]c1cc(N(c2ccc(-c3ccccc3)cc2)c2cc(N(c3ccccc3)c3c([2H])c([2H])c([2H])c([2H])c3[2H])cc3c2sc2ccc(-c4ccc5c(c4)c4c6ccccc6ccc4n5-c4ccccc4)cc23)c([2H])c([2H])c1[2H]. The van der Waals surface area contributed by atoms with Gasteiger partial charge in [0.15, 0.2) is 0 Å². The van der Waals surface area contributed by atoms with E-state index >= 15 is 0 Å². The monoisotopic (exact) mass is 894 g/mol. The van der Waals surface area contributed by atoms with Gasteiger partial charge < -0.3 is 14.4 Å². The molecule has 0 spiro atoms. The minimum Gasteiger partial charge on any atom is -0.310 e. The second kappa shape index (κ2) is 16.6. The van der Waals surface area contributed by atoms with Crippen LogP contribution in [0.5, 0.6) is 0 Å². The first-order chi connectivity index (χ1) is 37.4. The number of para-hydroxylation sites is 4. The highest BCUT2D eigenvalue weighted by Crippen LogP contribution is 2.50. The van der Waals surface area contributed by atoms with Crippen LogP contribution >= 0.6 is 11.3 Å². The molecule has 13 aromatic rings. The van der Waals surface area contributed by atoms with Gasteiger partial charge in [0.05, 0.1) is 33.8 Å². The van der Waals surface area contributed by atoms with E-state index in [1.807, 2.05) is 108 Å². The Balaban J connectivity index is 1.10. The third-order valence-corrected chi connectivity index (χ3v) is 14.0. The minimum atomic E-state index is -0.511. The molecule has 0 N–H and O–H groups in total. The summed E-state index contributed by atoms with van der Waals surface area (Å²) in [6.45, 7) is 0. The molecule has 0 fully saturated rings. The van der Waals surface area contributed by atoms with Gasteiger partial charge in [0.25, 0.3) is 0 Å². The molecule has 0 saturated carbocycles. The molecule has 0 radical (unpaired) electrons. The second-order valence-electron chi connectivity index (χ2n) is 16.7. The molecule has 0 bridgehead atoms. The van der Waals surface area contributed by atoms with Gasteiger partial charge in [-0.05, 0) is 136 Å². The van der Waals surface area contributed by atoms with Crippen LogP contribution in [0.1, 0.15) is 12.3 Å². The summed E-state index contributed by atoms with van der Waals surface area (Å²) in [5.74, 6) is 0. The summed E-state index contributed by atoms with van der Waals surface area (Å²) < 4.78 is 84.9. The smallest absolute Gasteiger partial charge is 0.0661 e. The van der Waals surface area contributed by atoms with Gasteiger partial charge in [-0.1, -0.05) is 158 Å². The molecule has 3 nitrogen and oxygen atoms in total. The maximum atomic E-state index is 9.46. The average Bonchev–Trinajstić information content (AvgIpc) is 4.24. The Hall–Kier alpha value is -8.70.